The molecule has 0 N–H and O–H groups in total. The van der Waals surface area contributed by atoms with Gasteiger partial charge in [0.2, 0.25) is 0 Å². The van der Waals surface area contributed by atoms with E-state index in [1.807, 2.05) is 45.9 Å². The van der Waals surface area contributed by atoms with Crippen molar-refractivity contribution in [3.63, 3.8) is 0 Å². The first-order valence-electron chi connectivity index (χ1n) is 7.33. The molecule has 1 aromatic carbocycles. The van der Waals surface area contributed by atoms with Crippen LogP contribution >= 0.6 is 0 Å². The van der Waals surface area contributed by atoms with Gasteiger partial charge in [-0.1, -0.05) is 43.2 Å². The number of allylic oxidation sites excluding steroid dienone is 4. The number of benzene rings is 1. The lowest BCUT2D eigenvalue weighted by Crippen LogP contribution is -2.18. The van der Waals surface area contributed by atoms with E-state index in [0.717, 1.165) is 12.1 Å². The van der Waals surface area contributed by atoms with Crippen molar-refractivity contribution in [1.82, 2.24) is 0 Å². The van der Waals surface area contributed by atoms with Gasteiger partial charge in [0.05, 0.1) is 13.4 Å². The van der Waals surface area contributed by atoms with Crippen molar-refractivity contribution in [2.75, 3.05) is 0 Å². The third-order valence-corrected chi connectivity index (χ3v) is 4.00. The fraction of sp³-hybridized carbons (Fsp3) is 0.100. The maximum atomic E-state index is 4.08. The number of nitrogens with zero attached hydrogens (tertiary/aromatic N) is 2. The minimum atomic E-state index is 1.10. The van der Waals surface area contributed by atoms with Gasteiger partial charge < -0.3 is 0 Å². The molecule has 0 amide bonds. The number of hydrogen-bond acceptors (Lipinski definition) is 0. The van der Waals surface area contributed by atoms with Gasteiger partial charge in [-0.05, 0) is 23.3 Å². The average molecular weight is 288 g/mol. The van der Waals surface area contributed by atoms with Crippen molar-refractivity contribution < 1.29 is 9.15 Å². The topological polar surface area (TPSA) is 6.02 Å². The molecule has 0 unspecified atom stereocenters. The van der Waals surface area contributed by atoms with Gasteiger partial charge in [-0.3, -0.25) is 9.15 Å². The van der Waals surface area contributed by atoms with Crippen LogP contribution in [0.2, 0.25) is 0 Å². The zero-order valence-electron chi connectivity index (χ0n) is 13.1. The third kappa shape index (κ3) is 2.44. The summed E-state index contributed by atoms with van der Waals surface area (Å²) in [7, 11) is 0. The van der Waals surface area contributed by atoms with E-state index in [0.29, 0.717) is 0 Å². The third-order valence-electron chi connectivity index (χ3n) is 4.00. The smallest absolute Gasteiger partial charge is 0.147 e. The molecule has 2 heteroatoms. The summed E-state index contributed by atoms with van der Waals surface area (Å²) in [6.07, 6.45) is 16.2. The molecular weight excluding hydrogens is 268 g/mol. The van der Waals surface area contributed by atoms with Crippen molar-refractivity contribution in [1.29, 1.82) is 0 Å². The summed E-state index contributed by atoms with van der Waals surface area (Å²) in [5, 5.41) is 0. The second-order valence-corrected chi connectivity index (χ2v) is 5.59. The lowest BCUT2D eigenvalue weighted by molar-refractivity contribution is -0.418. The Hall–Kier alpha value is -2.74. The van der Waals surface area contributed by atoms with Crippen LogP contribution in [0.3, 0.4) is 0 Å². The first kappa shape index (κ1) is 14.2. The van der Waals surface area contributed by atoms with E-state index >= 15 is 0 Å². The summed E-state index contributed by atoms with van der Waals surface area (Å²) < 4.78 is 3.81. The van der Waals surface area contributed by atoms with E-state index in [2.05, 4.69) is 51.6 Å². The first-order valence-corrected chi connectivity index (χ1v) is 7.33. The van der Waals surface area contributed by atoms with Crippen molar-refractivity contribution in [3.8, 4) is 0 Å². The van der Waals surface area contributed by atoms with Gasteiger partial charge >= 0.3 is 0 Å². The van der Waals surface area contributed by atoms with E-state index < -0.39 is 0 Å². The molecule has 0 saturated heterocycles. The summed E-state index contributed by atoms with van der Waals surface area (Å²) in [5.74, 6) is 0. The van der Waals surface area contributed by atoms with Crippen LogP contribution in [0.1, 0.15) is 22.3 Å². The van der Waals surface area contributed by atoms with E-state index in [1.54, 1.807) is 0 Å². The van der Waals surface area contributed by atoms with Crippen LogP contribution in [0.25, 0.3) is 0 Å². The van der Waals surface area contributed by atoms with Gasteiger partial charge in [0.25, 0.3) is 0 Å². The zero-order valence-corrected chi connectivity index (χ0v) is 13.1. The second kappa shape index (κ2) is 5.57. The molecule has 2 heterocycles. The number of aryl methyl sites for hydroxylation is 2. The second-order valence-electron chi connectivity index (χ2n) is 5.59. The monoisotopic (exact) mass is 288 g/mol. The van der Waals surface area contributed by atoms with Crippen LogP contribution in [0.5, 0.6) is 0 Å². The molecule has 0 spiro atoms. The Labute approximate surface area is 132 Å². The lowest BCUT2D eigenvalue weighted by Gasteiger charge is -2.24. The Morgan fingerprint density at radius 2 is 1.18 bits per heavy atom. The molecule has 2 aliphatic rings. The number of hydrogen-bond donors (Lipinski definition) is 0. The Bertz CT molecular complexity index is 699. The SMILES string of the molecule is C=[N+]1C=CC=C[C-]1c1cc([C-]2C=CC=C[N+]2=C)c(C)cc1C. The van der Waals surface area contributed by atoms with Gasteiger partial charge in [0.15, 0.2) is 0 Å². The molecule has 0 radical (unpaired) electrons. The van der Waals surface area contributed by atoms with Gasteiger partial charge in [0.1, 0.15) is 24.5 Å². The molecule has 1 aromatic rings. The quantitative estimate of drug-likeness (QED) is 0.579. The van der Waals surface area contributed by atoms with E-state index in [4.69, 9.17) is 0 Å². The summed E-state index contributed by atoms with van der Waals surface area (Å²) in [6.45, 7) is 12.4. The summed E-state index contributed by atoms with van der Waals surface area (Å²) in [6, 6.07) is 6.67. The molecule has 3 rings (SSSR count). The Morgan fingerprint density at radius 1 is 0.727 bits per heavy atom. The van der Waals surface area contributed by atoms with Crippen LogP contribution in [-0.4, -0.2) is 22.6 Å². The zero-order chi connectivity index (χ0) is 15.7. The van der Waals surface area contributed by atoms with Crippen molar-refractivity contribution >= 4 is 13.4 Å². The number of rotatable bonds is 2. The van der Waals surface area contributed by atoms with Crippen LogP contribution in [0, 0.1) is 25.9 Å². The highest BCUT2D eigenvalue weighted by Gasteiger charge is 2.21. The molecule has 2 nitrogen and oxygen atoms in total. The van der Waals surface area contributed by atoms with Gasteiger partial charge in [-0.25, -0.2) is 0 Å². The van der Waals surface area contributed by atoms with E-state index in [1.165, 1.54) is 22.3 Å². The molecule has 0 aliphatic carbocycles. The molecule has 0 aromatic heterocycles. The molecule has 0 bridgehead atoms. The highest BCUT2D eigenvalue weighted by Crippen LogP contribution is 2.31. The largest absolute Gasteiger partial charge is 0.255 e. The maximum Gasteiger partial charge on any atom is 0.147 e. The molecule has 0 fully saturated rings. The van der Waals surface area contributed by atoms with Crippen LogP contribution < -0.4 is 0 Å². The van der Waals surface area contributed by atoms with Crippen LogP contribution in [-0.2, 0) is 0 Å². The lowest BCUT2D eigenvalue weighted by atomic mass is 9.90. The molecular formula is C20H20N2. The molecule has 0 atom stereocenters. The van der Waals surface area contributed by atoms with Crippen molar-refractivity contribution in [2.24, 2.45) is 0 Å². The van der Waals surface area contributed by atoms with Crippen LogP contribution in [0.4, 0.5) is 0 Å². The van der Waals surface area contributed by atoms with Gasteiger partial charge in [-0.15, -0.1) is 18.2 Å². The Kier molecular flexibility index (Phi) is 3.60. The normalized spacial score (nSPS) is 16.8. The van der Waals surface area contributed by atoms with E-state index in [-0.39, 0.29) is 0 Å². The minimum absolute atomic E-state index is 1.10. The summed E-state index contributed by atoms with van der Waals surface area (Å²) in [5.41, 5.74) is 4.88. The fourth-order valence-corrected chi connectivity index (χ4v) is 2.85. The summed E-state index contributed by atoms with van der Waals surface area (Å²) in [4.78, 5) is 0. The van der Waals surface area contributed by atoms with Crippen LogP contribution in [0.15, 0.2) is 61.0 Å². The predicted molar refractivity (Wildman–Crippen MR) is 91.9 cm³/mol. The summed E-state index contributed by atoms with van der Waals surface area (Å²) >= 11 is 0. The highest BCUT2D eigenvalue weighted by atomic mass is 15.0. The first-order chi connectivity index (χ1) is 10.6. The standard InChI is InChI=1S/C20H20N2/c1-15-13-16(2)18(20-10-6-8-12-22(20)4)14-17(15)19-9-5-7-11-21(19)3/h5-14H,3-4H2,1-2H3. The van der Waals surface area contributed by atoms with Crippen molar-refractivity contribution in [3.05, 3.63) is 95.3 Å². The molecule has 22 heavy (non-hydrogen) atoms. The van der Waals surface area contributed by atoms with Crippen molar-refractivity contribution in [2.45, 2.75) is 13.8 Å². The maximum absolute atomic E-state index is 4.08. The minimum Gasteiger partial charge on any atom is -0.255 e. The fourth-order valence-electron chi connectivity index (χ4n) is 2.85. The van der Waals surface area contributed by atoms with Gasteiger partial charge in [-0.2, -0.15) is 0 Å². The Morgan fingerprint density at radius 3 is 1.59 bits per heavy atom. The highest BCUT2D eigenvalue weighted by molar-refractivity contribution is 5.52. The van der Waals surface area contributed by atoms with E-state index in [9.17, 15) is 0 Å². The average Bonchev–Trinajstić information content (AvgIpc) is 2.50. The van der Waals surface area contributed by atoms with Gasteiger partial charge in [0, 0.05) is 0 Å². The molecule has 2 aliphatic heterocycles. The Balaban J connectivity index is 2.08. The molecule has 110 valence electrons. The predicted octanol–water partition coefficient (Wildman–Crippen LogP) is 3.66. The molecule has 0 saturated carbocycles.